The summed E-state index contributed by atoms with van der Waals surface area (Å²) in [5.41, 5.74) is 0. The van der Waals surface area contributed by atoms with Gasteiger partial charge in [0.1, 0.15) is 0 Å². The van der Waals surface area contributed by atoms with Crippen molar-refractivity contribution in [2.75, 3.05) is 0 Å². The highest BCUT2D eigenvalue weighted by molar-refractivity contribution is 4.83. The highest BCUT2D eigenvalue weighted by Crippen LogP contribution is 2.20. The van der Waals surface area contributed by atoms with Crippen LogP contribution in [0.25, 0.3) is 0 Å². The maximum atomic E-state index is 9.81. The molecule has 0 spiro atoms. The van der Waals surface area contributed by atoms with Crippen LogP contribution in [0.4, 0.5) is 0 Å². The first-order chi connectivity index (χ1) is 6.65. The molecular formula is C12H25NO. The van der Waals surface area contributed by atoms with Crippen LogP contribution in [0.3, 0.4) is 0 Å². The van der Waals surface area contributed by atoms with Gasteiger partial charge in [-0.2, -0.15) is 0 Å². The Bertz CT molecular complexity index is 160. The molecule has 0 aliphatic heterocycles. The SMILES string of the molecule is CCC(C)C(C)N[C@@H]1CCCC[C@H]1O. The van der Waals surface area contributed by atoms with Crippen molar-refractivity contribution < 1.29 is 5.11 Å². The van der Waals surface area contributed by atoms with Crippen molar-refractivity contribution in [3.8, 4) is 0 Å². The molecule has 0 saturated heterocycles. The van der Waals surface area contributed by atoms with Crippen LogP contribution in [0.5, 0.6) is 0 Å². The van der Waals surface area contributed by atoms with Gasteiger partial charge in [0.15, 0.2) is 0 Å². The lowest BCUT2D eigenvalue weighted by Gasteiger charge is -2.33. The Balaban J connectivity index is 2.34. The average Bonchev–Trinajstić information content (AvgIpc) is 2.20. The number of aliphatic hydroxyl groups is 1. The molecule has 1 aliphatic rings. The van der Waals surface area contributed by atoms with Gasteiger partial charge in [-0.3, -0.25) is 0 Å². The Morgan fingerprint density at radius 2 is 1.93 bits per heavy atom. The number of rotatable bonds is 4. The highest BCUT2D eigenvalue weighted by atomic mass is 16.3. The van der Waals surface area contributed by atoms with Crippen LogP contribution in [0, 0.1) is 5.92 Å². The summed E-state index contributed by atoms with van der Waals surface area (Å²) in [6.07, 6.45) is 5.67. The van der Waals surface area contributed by atoms with Gasteiger partial charge in [0.2, 0.25) is 0 Å². The molecule has 84 valence electrons. The van der Waals surface area contributed by atoms with E-state index in [1.165, 1.54) is 19.3 Å². The minimum absolute atomic E-state index is 0.116. The summed E-state index contributed by atoms with van der Waals surface area (Å²) in [6, 6.07) is 0.866. The fourth-order valence-electron chi connectivity index (χ4n) is 2.16. The Morgan fingerprint density at radius 1 is 1.29 bits per heavy atom. The molecule has 1 rings (SSSR count). The molecule has 14 heavy (non-hydrogen) atoms. The molecular weight excluding hydrogens is 174 g/mol. The van der Waals surface area contributed by atoms with E-state index in [2.05, 4.69) is 26.1 Å². The third-order valence-electron chi connectivity index (χ3n) is 3.70. The van der Waals surface area contributed by atoms with Crippen molar-refractivity contribution >= 4 is 0 Å². The van der Waals surface area contributed by atoms with Crippen LogP contribution in [0.1, 0.15) is 52.9 Å². The summed E-state index contributed by atoms with van der Waals surface area (Å²) in [7, 11) is 0. The van der Waals surface area contributed by atoms with Gasteiger partial charge in [-0.15, -0.1) is 0 Å². The first kappa shape index (κ1) is 12.0. The minimum Gasteiger partial charge on any atom is -0.392 e. The van der Waals surface area contributed by atoms with Crippen molar-refractivity contribution in [2.45, 2.75) is 71.1 Å². The van der Waals surface area contributed by atoms with E-state index in [1.54, 1.807) is 0 Å². The molecule has 0 bridgehead atoms. The van der Waals surface area contributed by atoms with Crippen molar-refractivity contribution in [3.05, 3.63) is 0 Å². The van der Waals surface area contributed by atoms with E-state index in [0.29, 0.717) is 18.0 Å². The molecule has 2 N–H and O–H groups in total. The second kappa shape index (κ2) is 5.72. The van der Waals surface area contributed by atoms with E-state index in [9.17, 15) is 5.11 Å². The molecule has 1 saturated carbocycles. The standard InChI is InChI=1S/C12H25NO/c1-4-9(2)10(3)13-11-7-5-6-8-12(11)14/h9-14H,4-8H2,1-3H3/t9?,10?,11-,12-/m1/s1. The molecule has 0 aromatic carbocycles. The van der Waals surface area contributed by atoms with Gasteiger partial charge < -0.3 is 10.4 Å². The fraction of sp³-hybridized carbons (Fsp3) is 1.00. The zero-order valence-corrected chi connectivity index (χ0v) is 9.79. The third kappa shape index (κ3) is 3.25. The van der Waals surface area contributed by atoms with E-state index < -0.39 is 0 Å². The summed E-state index contributed by atoms with van der Waals surface area (Å²) < 4.78 is 0. The molecule has 0 aromatic rings. The Labute approximate surface area is 88.1 Å². The third-order valence-corrected chi connectivity index (χ3v) is 3.70. The first-order valence-corrected chi connectivity index (χ1v) is 6.09. The quantitative estimate of drug-likeness (QED) is 0.728. The van der Waals surface area contributed by atoms with E-state index in [1.807, 2.05) is 0 Å². The molecule has 4 atom stereocenters. The van der Waals surface area contributed by atoms with E-state index in [-0.39, 0.29) is 6.10 Å². The summed E-state index contributed by atoms with van der Waals surface area (Å²) in [6.45, 7) is 6.72. The molecule has 0 aromatic heterocycles. The van der Waals surface area contributed by atoms with Crippen LogP contribution in [0.2, 0.25) is 0 Å². The Kier molecular flexibility index (Phi) is 4.90. The van der Waals surface area contributed by atoms with Gasteiger partial charge >= 0.3 is 0 Å². The summed E-state index contributed by atoms with van der Waals surface area (Å²) in [5.74, 6) is 0.698. The lowest BCUT2D eigenvalue weighted by atomic mass is 9.90. The lowest BCUT2D eigenvalue weighted by molar-refractivity contribution is 0.0817. The van der Waals surface area contributed by atoms with E-state index in [0.717, 1.165) is 12.8 Å². The van der Waals surface area contributed by atoms with Gasteiger partial charge in [-0.05, 0) is 25.7 Å². The lowest BCUT2D eigenvalue weighted by Crippen LogP contribution is -2.47. The zero-order valence-electron chi connectivity index (χ0n) is 9.79. The van der Waals surface area contributed by atoms with Crippen molar-refractivity contribution in [2.24, 2.45) is 5.92 Å². The maximum Gasteiger partial charge on any atom is 0.0693 e. The van der Waals surface area contributed by atoms with Crippen LogP contribution in [-0.2, 0) is 0 Å². The largest absolute Gasteiger partial charge is 0.392 e. The van der Waals surface area contributed by atoms with Crippen molar-refractivity contribution in [3.63, 3.8) is 0 Å². The second-order valence-corrected chi connectivity index (χ2v) is 4.80. The highest BCUT2D eigenvalue weighted by Gasteiger charge is 2.25. The predicted molar refractivity (Wildman–Crippen MR) is 60.3 cm³/mol. The molecule has 1 fully saturated rings. The number of hydrogen-bond donors (Lipinski definition) is 2. The minimum atomic E-state index is -0.116. The average molecular weight is 199 g/mol. The van der Waals surface area contributed by atoms with Crippen molar-refractivity contribution in [1.82, 2.24) is 5.32 Å². The number of hydrogen-bond acceptors (Lipinski definition) is 2. The van der Waals surface area contributed by atoms with Crippen LogP contribution in [0.15, 0.2) is 0 Å². The Hall–Kier alpha value is -0.0800. The Morgan fingerprint density at radius 3 is 2.50 bits per heavy atom. The normalized spacial score (nSPS) is 32.6. The molecule has 0 heterocycles. The fourth-order valence-corrected chi connectivity index (χ4v) is 2.16. The van der Waals surface area contributed by atoms with Gasteiger partial charge in [0.25, 0.3) is 0 Å². The van der Waals surface area contributed by atoms with E-state index in [4.69, 9.17) is 0 Å². The molecule has 2 nitrogen and oxygen atoms in total. The number of nitrogens with one attached hydrogen (secondary N) is 1. The van der Waals surface area contributed by atoms with Gasteiger partial charge in [-0.1, -0.05) is 33.1 Å². The summed E-state index contributed by atoms with van der Waals surface area (Å²) in [4.78, 5) is 0. The van der Waals surface area contributed by atoms with Crippen molar-refractivity contribution in [1.29, 1.82) is 0 Å². The first-order valence-electron chi connectivity index (χ1n) is 6.09. The molecule has 0 amide bonds. The molecule has 0 radical (unpaired) electrons. The monoisotopic (exact) mass is 199 g/mol. The van der Waals surface area contributed by atoms with Crippen LogP contribution < -0.4 is 5.32 Å². The second-order valence-electron chi connectivity index (χ2n) is 4.80. The summed E-state index contributed by atoms with van der Waals surface area (Å²) in [5, 5.41) is 13.4. The van der Waals surface area contributed by atoms with Crippen LogP contribution in [-0.4, -0.2) is 23.3 Å². The molecule has 1 aliphatic carbocycles. The van der Waals surface area contributed by atoms with Gasteiger partial charge in [0, 0.05) is 12.1 Å². The van der Waals surface area contributed by atoms with Gasteiger partial charge in [0.05, 0.1) is 6.10 Å². The molecule has 2 heteroatoms. The molecule has 2 unspecified atom stereocenters. The topological polar surface area (TPSA) is 32.3 Å². The summed E-state index contributed by atoms with van der Waals surface area (Å²) >= 11 is 0. The predicted octanol–water partition coefficient (Wildman–Crippen LogP) is 2.31. The number of aliphatic hydroxyl groups excluding tert-OH is 1. The smallest absolute Gasteiger partial charge is 0.0693 e. The zero-order chi connectivity index (χ0) is 10.6. The van der Waals surface area contributed by atoms with Gasteiger partial charge in [-0.25, -0.2) is 0 Å². The van der Waals surface area contributed by atoms with Crippen LogP contribution >= 0.6 is 0 Å². The maximum absolute atomic E-state index is 9.81. The van der Waals surface area contributed by atoms with E-state index >= 15 is 0 Å².